The molecule has 0 spiro atoms. The number of aromatic nitrogens is 3. The van der Waals surface area contributed by atoms with Gasteiger partial charge in [-0.2, -0.15) is 5.10 Å². The SMILES string of the molecule is CN(Cc1ncnn1C)C(=O)CCc1cccc(Cl)c1. The van der Waals surface area contributed by atoms with E-state index in [4.69, 9.17) is 11.6 Å². The third-order valence-corrected chi connectivity index (χ3v) is 3.36. The lowest BCUT2D eigenvalue weighted by Crippen LogP contribution is -2.27. The Labute approximate surface area is 123 Å². The van der Waals surface area contributed by atoms with Crippen molar-refractivity contribution >= 4 is 17.5 Å². The highest BCUT2D eigenvalue weighted by molar-refractivity contribution is 6.30. The minimum Gasteiger partial charge on any atom is -0.338 e. The number of hydrogen-bond acceptors (Lipinski definition) is 3. The highest BCUT2D eigenvalue weighted by Crippen LogP contribution is 2.12. The van der Waals surface area contributed by atoms with Gasteiger partial charge >= 0.3 is 0 Å². The summed E-state index contributed by atoms with van der Waals surface area (Å²) in [4.78, 5) is 17.8. The van der Waals surface area contributed by atoms with Crippen LogP contribution < -0.4 is 0 Å². The van der Waals surface area contributed by atoms with Crippen LogP contribution in [-0.4, -0.2) is 32.6 Å². The molecular formula is C14H17ClN4O. The number of aryl methyl sites for hydroxylation is 2. The third kappa shape index (κ3) is 3.81. The molecule has 5 nitrogen and oxygen atoms in total. The second-order valence-corrected chi connectivity index (χ2v) is 5.12. The second-order valence-electron chi connectivity index (χ2n) is 4.68. The van der Waals surface area contributed by atoms with Crippen LogP contribution in [0.1, 0.15) is 17.8 Å². The molecule has 0 radical (unpaired) electrons. The van der Waals surface area contributed by atoms with Gasteiger partial charge in [-0.25, -0.2) is 4.98 Å². The Kier molecular flexibility index (Phi) is 4.74. The van der Waals surface area contributed by atoms with Crippen molar-refractivity contribution in [1.29, 1.82) is 0 Å². The highest BCUT2D eigenvalue weighted by atomic mass is 35.5. The normalized spacial score (nSPS) is 10.6. The van der Waals surface area contributed by atoms with Crippen LogP contribution in [0.2, 0.25) is 5.02 Å². The van der Waals surface area contributed by atoms with Crippen LogP contribution >= 0.6 is 11.6 Å². The first-order valence-electron chi connectivity index (χ1n) is 6.37. The zero-order valence-electron chi connectivity index (χ0n) is 11.6. The summed E-state index contributed by atoms with van der Waals surface area (Å²) in [7, 11) is 3.58. The van der Waals surface area contributed by atoms with E-state index in [1.165, 1.54) is 6.33 Å². The van der Waals surface area contributed by atoms with E-state index in [1.807, 2.05) is 31.3 Å². The zero-order chi connectivity index (χ0) is 14.5. The molecule has 0 aliphatic heterocycles. The molecule has 1 aromatic heterocycles. The molecular weight excluding hydrogens is 276 g/mol. The number of carbonyl (C=O) groups is 1. The number of benzene rings is 1. The first-order chi connectivity index (χ1) is 9.56. The molecule has 20 heavy (non-hydrogen) atoms. The first kappa shape index (κ1) is 14.5. The van der Waals surface area contributed by atoms with Crippen molar-refractivity contribution < 1.29 is 4.79 Å². The summed E-state index contributed by atoms with van der Waals surface area (Å²) < 4.78 is 1.67. The summed E-state index contributed by atoms with van der Waals surface area (Å²) in [5.41, 5.74) is 1.07. The topological polar surface area (TPSA) is 51.0 Å². The highest BCUT2D eigenvalue weighted by Gasteiger charge is 2.12. The summed E-state index contributed by atoms with van der Waals surface area (Å²) in [5, 5.41) is 4.68. The van der Waals surface area contributed by atoms with E-state index in [9.17, 15) is 4.79 Å². The molecule has 1 aromatic carbocycles. The molecule has 2 aromatic rings. The molecule has 6 heteroatoms. The summed E-state index contributed by atoms with van der Waals surface area (Å²) in [6.45, 7) is 0.463. The Morgan fingerprint density at radius 2 is 2.25 bits per heavy atom. The molecule has 0 aliphatic rings. The van der Waals surface area contributed by atoms with E-state index in [0.29, 0.717) is 24.4 Å². The number of amides is 1. The van der Waals surface area contributed by atoms with Gasteiger partial charge in [-0.15, -0.1) is 0 Å². The van der Waals surface area contributed by atoms with Crippen LogP contribution in [0.3, 0.4) is 0 Å². The minimum atomic E-state index is 0.0768. The monoisotopic (exact) mass is 292 g/mol. The van der Waals surface area contributed by atoms with Gasteiger partial charge in [-0.1, -0.05) is 23.7 Å². The van der Waals surface area contributed by atoms with Crippen molar-refractivity contribution in [3.05, 3.63) is 47.0 Å². The molecule has 0 atom stereocenters. The Balaban J connectivity index is 1.87. The Bertz CT molecular complexity index is 596. The van der Waals surface area contributed by atoms with Gasteiger partial charge < -0.3 is 4.90 Å². The maximum absolute atomic E-state index is 12.1. The fourth-order valence-corrected chi connectivity index (χ4v) is 2.11. The van der Waals surface area contributed by atoms with Crippen molar-refractivity contribution in [3.63, 3.8) is 0 Å². The Morgan fingerprint density at radius 3 is 2.90 bits per heavy atom. The van der Waals surface area contributed by atoms with Gasteiger partial charge in [0.05, 0.1) is 6.54 Å². The molecule has 106 valence electrons. The quantitative estimate of drug-likeness (QED) is 0.847. The van der Waals surface area contributed by atoms with E-state index < -0.39 is 0 Å². The van der Waals surface area contributed by atoms with Gasteiger partial charge in [-0.3, -0.25) is 9.48 Å². The van der Waals surface area contributed by atoms with Crippen LogP contribution in [0.15, 0.2) is 30.6 Å². The van der Waals surface area contributed by atoms with E-state index >= 15 is 0 Å². The van der Waals surface area contributed by atoms with Crippen molar-refractivity contribution in [2.24, 2.45) is 7.05 Å². The molecule has 1 heterocycles. The minimum absolute atomic E-state index is 0.0768. The van der Waals surface area contributed by atoms with Crippen molar-refractivity contribution in [2.45, 2.75) is 19.4 Å². The molecule has 0 saturated carbocycles. The van der Waals surface area contributed by atoms with Crippen LogP contribution in [0, 0.1) is 0 Å². The lowest BCUT2D eigenvalue weighted by Gasteiger charge is -2.16. The summed E-state index contributed by atoms with van der Waals surface area (Å²) >= 11 is 5.92. The largest absolute Gasteiger partial charge is 0.338 e. The van der Waals surface area contributed by atoms with Crippen LogP contribution in [0.25, 0.3) is 0 Å². The van der Waals surface area contributed by atoms with Crippen molar-refractivity contribution in [3.8, 4) is 0 Å². The van der Waals surface area contributed by atoms with Crippen LogP contribution in [0.4, 0.5) is 0 Å². The number of rotatable bonds is 5. The van der Waals surface area contributed by atoms with Crippen molar-refractivity contribution in [2.75, 3.05) is 7.05 Å². The van der Waals surface area contributed by atoms with Crippen LogP contribution in [0.5, 0.6) is 0 Å². The molecule has 2 rings (SSSR count). The molecule has 1 amide bonds. The van der Waals surface area contributed by atoms with E-state index in [-0.39, 0.29) is 5.91 Å². The average Bonchev–Trinajstić information content (AvgIpc) is 2.81. The fraction of sp³-hybridized carbons (Fsp3) is 0.357. The number of halogens is 1. The van der Waals surface area contributed by atoms with E-state index in [2.05, 4.69) is 10.1 Å². The van der Waals surface area contributed by atoms with Gasteiger partial charge in [0, 0.05) is 25.5 Å². The number of nitrogens with zero attached hydrogens (tertiary/aromatic N) is 4. The van der Waals surface area contributed by atoms with Gasteiger partial charge in [0.1, 0.15) is 12.2 Å². The smallest absolute Gasteiger partial charge is 0.223 e. The number of hydrogen-bond donors (Lipinski definition) is 0. The van der Waals surface area contributed by atoms with Gasteiger partial charge in [0.25, 0.3) is 0 Å². The van der Waals surface area contributed by atoms with Gasteiger partial charge in [0.2, 0.25) is 5.91 Å². The standard InChI is InChI=1S/C14H17ClN4O/c1-18(9-13-16-10-17-19(13)2)14(20)7-6-11-4-3-5-12(15)8-11/h3-5,8,10H,6-7,9H2,1-2H3. The molecule has 0 bridgehead atoms. The predicted molar refractivity (Wildman–Crippen MR) is 77.3 cm³/mol. The van der Waals surface area contributed by atoms with Crippen LogP contribution in [-0.2, 0) is 24.8 Å². The predicted octanol–water partition coefficient (Wildman–Crippen LogP) is 2.06. The zero-order valence-corrected chi connectivity index (χ0v) is 12.3. The third-order valence-electron chi connectivity index (χ3n) is 3.13. The maximum Gasteiger partial charge on any atom is 0.223 e. The molecule has 0 aliphatic carbocycles. The Hall–Kier alpha value is -1.88. The fourth-order valence-electron chi connectivity index (χ4n) is 1.90. The average molecular weight is 293 g/mol. The lowest BCUT2D eigenvalue weighted by atomic mass is 10.1. The molecule has 0 fully saturated rings. The van der Waals surface area contributed by atoms with E-state index in [0.717, 1.165) is 11.4 Å². The molecule has 0 saturated heterocycles. The Morgan fingerprint density at radius 1 is 1.45 bits per heavy atom. The molecule has 0 N–H and O–H groups in total. The lowest BCUT2D eigenvalue weighted by molar-refractivity contribution is -0.130. The van der Waals surface area contributed by atoms with Gasteiger partial charge in [-0.05, 0) is 24.1 Å². The van der Waals surface area contributed by atoms with Gasteiger partial charge in [0.15, 0.2) is 0 Å². The summed E-state index contributed by atoms with van der Waals surface area (Å²) in [6, 6.07) is 7.58. The van der Waals surface area contributed by atoms with E-state index in [1.54, 1.807) is 16.6 Å². The second kappa shape index (κ2) is 6.52. The first-order valence-corrected chi connectivity index (χ1v) is 6.75. The summed E-state index contributed by atoms with van der Waals surface area (Å²) in [6.07, 6.45) is 2.62. The summed E-state index contributed by atoms with van der Waals surface area (Å²) in [5.74, 6) is 0.844. The number of carbonyl (C=O) groups excluding carboxylic acids is 1. The molecule has 0 unspecified atom stereocenters. The maximum atomic E-state index is 12.1. The van der Waals surface area contributed by atoms with Crippen molar-refractivity contribution in [1.82, 2.24) is 19.7 Å².